The van der Waals surface area contributed by atoms with Crippen LogP contribution in [-0.4, -0.2) is 21.0 Å². The molecule has 0 bridgehead atoms. The number of carboxylic acid groups (broad SMARTS) is 1. The van der Waals surface area contributed by atoms with Gasteiger partial charge in [0.1, 0.15) is 6.17 Å². The Morgan fingerprint density at radius 3 is 2.71 bits per heavy atom. The lowest BCUT2D eigenvalue weighted by molar-refractivity contribution is 0.184. The molecular formula is C12H13N3O2. The van der Waals surface area contributed by atoms with Gasteiger partial charge < -0.3 is 5.11 Å². The van der Waals surface area contributed by atoms with Crippen LogP contribution in [0, 0.1) is 0 Å². The average Bonchev–Trinajstić information content (AvgIpc) is 2.78. The highest BCUT2D eigenvalue weighted by Gasteiger charge is 2.09. The van der Waals surface area contributed by atoms with E-state index in [0.717, 1.165) is 11.3 Å². The molecule has 0 aliphatic rings. The van der Waals surface area contributed by atoms with E-state index in [9.17, 15) is 4.79 Å². The molecule has 0 fully saturated rings. The molecule has 5 heteroatoms. The van der Waals surface area contributed by atoms with Crippen LogP contribution in [0.3, 0.4) is 0 Å². The van der Waals surface area contributed by atoms with Crippen LogP contribution in [0.5, 0.6) is 0 Å². The third kappa shape index (κ3) is 2.63. The first-order valence-electron chi connectivity index (χ1n) is 5.27. The minimum Gasteiger partial charge on any atom is -0.465 e. The molecule has 1 unspecified atom stereocenters. The summed E-state index contributed by atoms with van der Waals surface area (Å²) in [7, 11) is 0. The summed E-state index contributed by atoms with van der Waals surface area (Å²) in [6.45, 7) is 1.73. The minimum absolute atomic E-state index is 0.384. The zero-order chi connectivity index (χ0) is 12.3. The number of hydrogen-bond donors (Lipinski definition) is 2. The molecule has 1 aromatic heterocycles. The fourth-order valence-corrected chi connectivity index (χ4v) is 1.56. The van der Waals surface area contributed by atoms with E-state index in [4.69, 9.17) is 5.11 Å². The van der Waals surface area contributed by atoms with Crippen molar-refractivity contribution in [2.45, 2.75) is 13.1 Å². The lowest BCUT2D eigenvalue weighted by atomic mass is 10.2. The third-order valence-corrected chi connectivity index (χ3v) is 2.41. The number of hydrogen-bond acceptors (Lipinski definition) is 2. The molecular weight excluding hydrogens is 218 g/mol. The number of carbonyl (C=O) groups is 1. The van der Waals surface area contributed by atoms with Gasteiger partial charge in [-0.15, -0.1) is 0 Å². The Hall–Kier alpha value is -2.30. The van der Waals surface area contributed by atoms with E-state index in [1.54, 1.807) is 17.8 Å². The molecule has 5 nitrogen and oxygen atoms in total. The van der Waals surface area contributed by atoms with Crippen molar-refractivity contribution in [2.75, 3.05) is 0 Å². The molecule has 2 rings (SSSR count). The van der Waals surface area contributed by atoms with Crippen molar-refractivity contribution in [1.82, 2.24) is 15.1 Å². The molecule has 1 amide bonds. The molecule has 0 aliphatic carbocycles. The second-order valence-corrected chi connectivity index (χ2v) is 3.67. The van der Waals surface area contributed by atoms with Gasteiger partial charge in [-0.3, -0.25) is 5.32 Å². The first-order chi connectivity index (χ1) is 8.16. The predicted octanol–water partition coefficient (Wildman–Crippen LogP) is 2.34. The maximum absolute atomic E-state index is 10.5. The summed E-state index contributed by atoms with van der Waals surface area (Å²) in [6, 6.07) is 11.6. The highest BCUT2D eigenvalue weighted by atomic mass is 16.4. The number of amides is 1. The zero-order valence-corrected chi connectivity index (χ0v) is 9.37. The van der Waals surface area contributed by atoms with Crippen molar-refractivity contribution < 1.29 is 9.90 Å². The van der Waals surface area contributed by atoms with Crippen LogP contribution in [-0.2, 0) is 0 Å². The predicted molar refractivity (Wildman–Crippen MR) is 63.5 cm³/mol. The van der Waals surface area contributed by atoms with Crippen molar-refractivity contribution in [3.63, 3.8) is 0 Å². The quantitative estimate of drug-likeness (QED) is 0.851. The van der Waals surface area contributed by atoms with Crippen molar-refractivity contribution >= 4 is 6.09 Å². The van der Waals surface area contributed by atoms with E-state index in [2.05, 4.69) is 10.4 Å². The molecule has 17 heavy (non-hydrogen) atoms. The monoisotopic (exact) mass is 231 g/mol. The number of benzene rings is 1. The van der Waals surface area contributed by atoms with Gasteiger partial charge in [0.05, 0.1) is 5.69 Å². The maximum Gasteiger partial charge on any atom is 0.406 e. The Labute approximate surface area is 98.7 Å². The van der Waals surface area contributed by atoms with Gasteiger partial charge >= 0.3 is 6.09 Å². The van der Waals surface area contributed by atoms with Crippen molar-refractivity contribution in [1.29, 1.82) is 0 Å². The molecule has 1 atom stereocenters. The molecule has 0 saturated carbocycles. The van der Waals surface area contributed by atoms with Crippen molar-refractivity contribution in [3.05, 3.63) is 42.6 Å². The van der Waals surface area contributed by atoms with Gasteiger partial charge in [0.2, 0.25) is 0 Å². The first-order valence-corrected chi connectivity index (χ1v) is 5.27. The fraction of sp³-hybridized carbons (Fsp3) is 0.167. The second-order valence-electron chi connectivity index (χ2n) is 3.67. The van der Waals surface area contributed by atoms with Crippen molar-refractivity contribution in [2.24, 2.45) is 0 Å². The van der Waals surface area contributed by atoms with Gasteiger partial charge in [-0.25, -0.2) is 9.48 Å². The standard InChI is InChI=1S/C12H13N3O2/c1-9(13-12(16)17)15-8-7-11(14-15)10-5-3-2-4-6-10/h2-9,13H,1H3,(H,16,17). The number of rotatable bonds is 3. The summed E-state index contributed by atoms with van der Waals surface area (Å²) < 4.78 is 1.58. The van der Waals surface area contributed by atoms with Crippen LogP contribution in [0.25, 0.3) is 11.3 Å². The summed E-state index contributed by atoms with van der Waals surface area (Å²) >= 11 is 0. The first kappa shape index (κ1) is 11.2. The molecule has 1 heterocycles. The van der Waals surface area contributed by atoms with Gasteiger partial charge in [-0.2, -0.15) is 5.10 Å². The lowest BCUT2D eigenvalue weighted by Crippen LogP contribution is -2.29. The van der Waals surface area contributed by atoms with Crippen molar-refractivity contribution in [3.8, 4) is 11.3 Å². The molecule has 2 N–H and O–H groups in total. The molecule has 0 saturated heterocycles. The Bertz CT molecular complexity index is 507. The summed E-state index contributed by atoms with van der Waals surface area (Å²) in [5.41, 5.74) is 1.83. The highest BCUT2D eigenvalue weighted by molar-refractivity contribution is 5.64. The zero-order valence-electron chi connectivity index (χ0n) is 9.37. The van der Waals surface area contributed by atoms with Gasteiger partial charge in [0.25, 0.3) is 0 Å². The molecule has 0 spiro atoms. The smallest absolute Gasteiger partial charge is 0.406 e. The van der Waals surface area contributed by atoms with Crippen LogP contribution in [0.2, 0.25) is 0 Å². The van der Waals surface area contributed by atoms with Gasteiger partial charge in [-0.05, 0) is 13.0 Å². The number of nitrogens with zero attached hydrogens (tertiary/aromatic N) is 2. The Morgan fingerprint density at radius 2 is 2.06 bits per heavy atom. The summed E-state index contributed by atoms with van der Waals surface area (Å²) in [5, 5.41) is 15.3. The van der Waals surface area contributed by atoms with Crippen LogP contribution in [0.4, 0.5) is 4.79 Å². The molecule has 0 aliphatic heterocycles. The number of aromatic nitrogens is 2. The Balaban J connectivity index is 2.19. The lowest BCUT2D eigenvalue weighted by Gasteiger charge is -2.11. The second kappa shape index (κ2) is 4.69. The Morgan fingerprint density at radius 1 is 1.35 bits per heavy atom. The van der Waals surface area contributed by atoms with Gasteiger partial charge in [0, 0.05) is 11.8 Å². The minimum atomic E-state index is -1.06. The van der Waals surface area contributed by atoms with E-state index in [-0.39, 0.29) is 6.17 Å². The van der Waals surface area contributed by atoms with E-state index in [1.807, 2.05) is 36.4 Å². The molecule has 0 radical (unpaired) electrons. The van der Waals surface area contributed by atoms with Crippen LogP contribution in [0.15, 0.2) is 42.6 Å². The van der Waals surface area contributed by atoms with E-state index in [1.165, 1.54) is 0 Å². The normalized spacial score (nSPS) is 12.1. The summed E-state index contributed by atoms with van der Waals surface area (Å²) in [6.07, 6.45) is 0.308. The van der Waals surface area contributed by atoms with Gasteiger partial charge in [-0.1, -0.05) is 30.3 Å². The summed E-state index contributed by atoms with van der Waals surface area (Å²) in [4.78, 5) is 10.5. The number of nitrogens with one attached hydrogen (secondary N) is 1. The van der Waals surface area contributed by atoms with E-state index < -0.39 is 6.09 Å². The summed E-state index contributed by atoms with van der Waals surface area (Å²) in [5.74, 6) is 0. The SMILES string of the molecule is CC(NC(=O)O)n1ccc(-c2ccccc2)n1. The highest BCUT2D eigenvalue weighted by Crippen LogP contribution is 2.16. The Kier molecular flexibility index (Phi) is 3.09. The molecule has 88 valence electrons. The third-order valence-electron chi connectivity index (χ3n) is 2.41. The van der Waals surface area contributed by atoms with E-state index in [0.29, 0.717) is 0 Å². The van der Waals surface area contributed by atoms with Gasteiger partial charge in [0.15, 0.2) is 0 Å². The maximum atomic E-state index is 10.5. The van der Waals surface area contributed by atoms with E-state index >= 15 is 0 Å². The average molecular weight is 231 g/mol. The van der Waals surface area contributed by atoms with Crippen LogP contribution < -0.4 is 5.32 Å². The fourth-order valence-electron chi connectivity index (χ4n) is 1.56. The van der Waals surface area contributed by atoms with Crippen LogP contribution in [0.1, 0.15) is 13.1 Å². The molecule has 1 aromatic carbocycles. The van der Waals surface area contributed by atoms with Crippen LogP contribution >= 0.6 is 0 Å². The largest absolute Gasteiger partial charge is 0.465 e. The molecule has 2 aromatic rings. The topological polar surface area (TPSA) is 67.2 Å².